The van der Waals surface area contributed by atoms with Gasteiger partial charge in [-0.05, 0) is 50.5 Å². The lowest BCUT2D eigenvalue weighted by atomic mass is 10.00. The summed E-state index contributed by atoms with van der Waals surface area (Å²) < 4.78 is 10.2. The van der Waals surface area contributed by atoms with E-state index in [4.69, 9.17) is 9.47 Å². The molecule has 0 aromatic carbocycles. The maximum absolute atomic E-state index is 11.9. The quantitative estimate of drug-likeness (QED) is 0.0323. The van der Waals surface area contributed by atoms with E-state index >= 15 is 0 Å². The van der Waals surface area contributed by atoms with Crippen molar-refractivity contribution >= 4 is 17.7 Å². The molecule has 1 N–H and O–H groups in total. The van der Waals surface area contributed by atoms with Gasteiger partial charge in [-0.25, -0.2) is 0 Å². The molecule has 1 unspecified atom stereocenters. The van der Waals surface area contributed by atoms with Crippen LogP contribution in [0.1, 0.15) is 136 Å². The van der Waals surface area contributed by atoms with Gasteiger partial charge in [0.2, 0.25) is 0 Å². The highest BCUT2D eigenvalue weighted by atomic mass is 16.6. The van der Waals surface area contributed by atoms with Crippen LogP contribution in [0.15, 0.2) is 48.6 Å². The summed E-state index contributed by atoms with van der Waals surface area (Å²) in [6.07, 6.45) is 31.5. The summed E-state index contributed by atoms with van der Waals surface area (Å²) in [6.45, 7) is 6.36. The highest BCUT2D eigenvalue weighted by Crippen LogP contribution is 2.14. The summed E-state index contributed by atoms with van der Waals surface area (Å²) in [7, 11) is 0. The molecule has 0 aromatic heterocycles. The lowest BCUT2D eigenvalue weighted by molar-refractivity contribution is -0.152. The third-order valence-electron chi connectivity index (χ3n) is 7.08. The fourth-order valence-corrected chi connectivity index (χ4v) is 4.12. The van der Waals surface area contributed by atoms with E-state index in [1.165, 1.54) is 32.1 Å². The molecule has 0 bridgehead atoms. The monoisotopic (exact) mass is 588 g/mol. The van der Waals surface area contributed by atoms with Gasteiger partial charge >= 0.3 is 11.9 Å². The summed E-state index contributed by atoms with van der Waals surface area (Å²) in [5.41, 5.74) is 0. The number of esters is 2. The smallest absolute Gasteiger partial charge is 0.305 e. The Morgan fingerprint density at radius 1 is 0.667 bits per heavy atom. The molecule has 6 nitrogen and oxygen atoms in total. The van der Waals surface area contributed by atoms with Gasteiger partial charge in [0.1, 0.15) is 19.3 Å². The van der Waals surface area contributed by atoms with Crippen molar-refractivity contribution in [2.45, 2.75) is 142 Å². The zero-order valence-corrected chi connectivity index (χ0v) is 26.9. The molecule has 0 heterocycles. The molecule has 0 aromatic rings. The van der Waals surface area contributed by atoms with Crippen molar-refractivity contribution in [3.05, 3.63) is 48.6 Å². The molecule has 0 saturated heterocycles. The normalized spacial score (nSPS) is 13.4. The lowest BCUT2D eigenvalue weighted by Crippen LogP contribution is -2.25. The highest BCUT2D eigenvalue weighted by molar-refractivity contribution is 5.89. The Hall–Kier alpha value is -2.47. The van der Waals surface area contributed by atoms with Gasteiger partial charge in [0.25, 0.3) is 0 Å². The first-order valence-corrected chi connectivity index (χ1v) is 16.5. The van der Waals surface area contributed by atoms with Gasteiger partial charge < -0.3 is 14.6 Å². The first-order chi connectivity index (χ1) is 20.4. The van der Waals surface area contributed by atoms with Crippen LogP contribution in [0.4, 0.5) is 0 Å². The summed E-state index contributed by atoms with van der Waals surface area (Å²) in [5, 5.41) is 9.93. The largest absolute Gasteiger partial charge is 0.463 e. The minimum Gasteiger partial charge on any atom is -0.463 e. The van der Waals surface area contributed by atoms with Crippen LogP contribution < -0.4 is 0 Å². The maximum Gasteiger partial charge on any atom is 0.305 e. The van der Waals surface area contributed by atoms with Gasteiger partial charge in [-0.1, -0.05) is 121 Å². The Morgan fingerprint density at radius 3 is 1.90 bits per heavy atom. The van der Waals surface area contributed by atoms with Gasteiger partial charge in [0.05, 0.1) is 0 Å². The molecule has 2 atom stereocenters. The maximum atomic E-state index is 11.9. The molecule has 0 aliphatic carbocycles. The highest BCUT2D eigenvalue weighted by Gasteiger charge is 2.12. The van der Waals surface area contributed by atoms with E-state index in [1.54, 1.807) is 6.08 Å². The van der Waals surface area contributed by atoms with Crippen molar-refractivity contribution < 1.29 is 29.0 Å². The number of carbonyl (C=O) groups excluding carboxylic acids is 3. The minimum atomic E-state index is -1.00. The SMILES string of the molecule is CCCCCC(=O)/C=C/C=C\C/C=C\C/C=C\CCCC(=O)OC[C@H](O)COC(=O)CCCCCCCCC(C)CC. The first kappa shape index (κ1) is 39.5. The summed E-state index contributed by atoms with van der Waals surface area (Å²) >= 11 is 0. The summed E-state index contributed by atoms with van der Waals surface area (Å²) in [4.78, 5) is 35.4. The number of ether oxygens (including phenoxy) is 2. The van der Waals surface area contributed by atoms with Crippen LogP contribution in [-0.4, -0.2) is 42.1 Å². The lowest BCUT2D eigenvalue weighted by Gasteiger charge is -2.12. The fourth-order valence-electron chi connectivity index (χ4n) is 4.12. The Labute approximate surface area is 256 Å². The Bertz CT molecular complexity index is 795. The number of unbranched alkanes of at least 4 members (excludes halogenated alkanes) is 8. The van der Waals surface area contributed by atoms with E-state index in [9.17, 15) is 19.5 Å². The number of aliphatic hydroxyl groups is 1. The third-order valence-corrected chi connectivity index (χ3v) is 7.08. The molecule has 0 fully saturated rings. The van der Waals surface area contributed by atoms with Crippen LogP contribution in [0.2, 0.25) is 0 Å². The van der Waals surface area contributed by atoms with E-state index in [1.807, 2.05) is 24.3 Å². The van der Waals surface area contributed by atoms with E-state index in [-0.39, 0.29) is 37.4 Å². The minimum absolute atomic E-state index is 0.150. The van der Waals surface area contributed by atoms with Crippen LogP contribution >= 0.6 is 0 Å². The molecular weight excluding hydrogens is 528 g/mol. The van der Waals surface area contributed by atoms with Crippen molar-refractivity contribution in [1.29, 1.82) is 0 Å². The summed E-state index contributed by atoms with van der Waals surface area (Å²) in [6, 6.07) is 0. The van der Waals surface area contributed by atoms with Crippen LogP contribution in [0, 0.1) is 5.92 Å². The van der Waals surface area contributed by atoms with Crippen LogP contribution in [0.3, 0.4) is 0 Å². The van der Waals surface area contributed by atoms with E-state index in [0.717, 1.165) is 63.7 Å². The molecule has 0 aliphatic rings. The molecule has 0 rings (SSSR count). The second-order valence-corrected chi connectivity index (χ2v) is 11.2. The van der Waals surface area contributed by atoms with E-state index < -0.39 is 6.10 Å². The van der Waals surface area contributed by atoms with E-state index in [0.29, 0.717) is 19.3 Å². The Kier molecular flexibility index (Phi) is 28.2. The molecule has 0 radical (unpaired) electrons. The van der Waals surface area contributed by atoms with Gasteiger partial charge in [-0.15, -0.1) is 0 Å². The second kappa shape index (κ2) is 30.0. The number of hydrogen-bond donors (Lipinski definition) is 1. The van der Waals surface area contributed by atoms with E-state index in [2.05, 4.69) is 39.0 Å². The zero-order chi connectivity index (χ0) is 31.1. The van der Waals surface area contributed by atoms with Crippen LogP contribution in [0.5, 0.6) is 0 Å². The average molecular weight is 589 g/mol. The standard InChI is InChI=1S/C36H60O6/c1-4-6-20-26-33(37)27-22-17-12-10-8-7-9-11-13-18-23-28-35(39)41-30-34(38)31-42-36(40)29-24-19-15-14-16-21-25-32(3)5-2/h7-8,11-13,17,22,27,32,34,38H,4-6,9-10,14-16,18-21,23-26,28-31H2,1-3H3/b8-7-,13-11-,17-12-,27-22+/t32?,34-/m0/s1. The molecule has 0 saturated carbocycles. The molecule has 240 valence electrons. The first-order valence-electron chi connectivity index (χ1n) is 16.5. The molecule has 0 spiro atoms. The number of aliphatic hydroxyl groups excluding tert-OH is 1. The van der Waals surface area contributed by atoms with Gasteiger partial charge in [-0.3, -0.25) is 14.4 Å². The Balaban J connectivity index is 3.67. The fraction of sp³-hybridized carbons (Fsp3) is 0.694. The van der Waals surface area contributed by atoms with Crippen LogP contribution in [-0.2, 0) is 23.9 Å². The molecule has 0 aliphatic heterocycles. The molecular formula is C36H60O6. The molecule has 42 heavy (non-hydrogen) atoms. The third kappa shape index (κ3) is 29.0. The predicted octanol–water partition coefficient (Wildman–Crippen LogP) is 8.93. The van der Waals surface area contributed by atoms with Gasteiger partial charge in [-0.2, -0.15) is 0 Å². The van der Waals surface area contributed by atoms with Gasteiger partial charge in [0, 0.05) is 19.3 Å². The number of ketones is 1. The van der Waals surface area contributed by atoms with Crippen molar-refractivity contribution in [2.75, 3.05) is 13.2 Å². The zero-order valence-electron chi connectivity index (χ0n) is 26.9. The predicted molar refractivity (Wildman–Crippen MR) is 173 cm³/mol. The van der Waals surface area contributed by atoms with Crippen molar-refractivity contribution in [1.82, 2.24) is 0 Å². The van der Waals surface area contributed by atoms with Gasteiger partial charge in [0.15, 0.2) is 5.78 Å². The van der Waals surface area contributed by atoms with Crippen LogP contribution in [0.25, 0.3) is 0 Å². The topological polar surface area (TPSA) is 89.9 Å². The number of carbonyl (C=O) groups is 3. The van der Waals surface area contributed by atoms with Crippen molar-refractivity contribution in [3.8, 4) is 0 Å². The van der Waals surface area contributed by atoms with Crippen molar-refractivity contribution in [3.63, 3.8) is 0 Å². The Morgan fingerprint density at radius 2 is 1.24 bits per heavy atom. The average Bonchev–Trinajstić information content (AvgIpc) is 2.98. The number of rotatable bonds is 28. The molecule has 6 heteroatoms. The second-order valence-electron chi connectivity index (χ2n) is 11.2. The molecule has 0 amide bonds. The number of allylic oxidation sites excluding steroid dienone is 8. The number of hydrogen-bond acceptors (Lipinski definition) is 6. The summed E-state index contributed by atoms with van der Waals surface area (Å²) in [5.74, 6) is 0.333. The van der Waals surface area contributed by atoms with Crippen molar-refractivity contribution in [2.24, 2.45) is 5.92 Å².